The van der Waals surface area contributed by atoms with Gasteiger partial charge in [0.1, 0.15) is 4.33 Å². The van der Waals surface area contributed by atoms with Crippen molar-refractivity contribution in [1.82, 2.24) is 0 Å². The van der Waals surface area contributed by atoms with Crippen LogP contribution in [0.1, 0.15) is 17.0 Å². The van der Waals surface area contributed by atoms with E-state index in [1.165, 1.54) is 25.1 Å². The first kappa shape index (κ1) is 20.0. The Labute approximate surface area is 173 Å². The molecule has 0 radical (unpaired) electrons. The molecule has 0 bridgehead atoms. The Bertz CT molecular complexity index is 872. The van der Waals surface area contributed by atoms with Gasteiger partial charge in [-0.15, -0.1) is 23.2 Å². The molecule has 0 aliphatic heterocycles. The van der Waals surface area contributed by atoms with E-state index in [0.29, 0.717) is 5.56 Å². The Kier molecular flexibility index (Phi) is 5.37. The van der Waals surface area contributed by atoms with E-state index >= 15 is 0 Å². The van der Waals surface area contributed by atoms with Crippen molar-refractivity contribution in [3.8, 4) is 0 Å². The minimum atomic E-state index is -1.39. The number of anilines is 1. The molecule has 2 nitrogen and oxygen atoms in total. The molecular weight excluding hydrogens is 449 g/mol. The van der Waals surface area contributed by atoms with Crippen LogP contribution < -0.4 is 5.32 Å². The van der Waals surface area contributed by atoms with Crippen LogP contribution in [0, 0.1) is 24.5 Å². The molecule has 0 saturated heterocycles. The molecule has 1 fully saturated rings. The fourth-order valence-corrected chi connectivity index (χ4v) is 4.28. The summed E-state index contributed by atoms with van der Waals surface area (Å²) in [5.74, 6) is -3.97. The van der Waals surface area contributed by atoms with Gasteiger partial charge in [-0.2, -0.15) is 0 Å². The fraction of sp³-hybridized carbons (Fsp3) is 0.235. The standard InChI is InChI=1S/C17H10Cl5F2NO/c1-6-2-8(5-11(23)15(6)24)25-16(26)13-12(17(13,21)22)7-3-9(18)14(20)10(19)4-7/h2-5,12-13H,1H3,(H,25,26)/t12-,13?/m0/s1. The number of hydrogen-bond acceptors (Lipinski definition) is 1. The predicted octanol–water partition coefficient (Wildman–Crippen LogP) is 6.76. The largest absolute Gasteiger partial charge is 0.326 e. The Hall–Kier alpha value is -0.780. The number of rotatable bonds is 3. The first-order valence-corrected chi connectivity index (χ1v) is 9.21. The predicted molar refractivity (Wildman–Crippen MR) is 102 cm³/mol. The molecule has 1 N–H and O–H groups in total. The van der Waals surface area contributed by atoms with Crippen molar-refractivity contribution in [2.75, 3.05) is 5.32 Å². The number of amides is 1. The lowest BCUT2D eigenvalue weighted by Gasteiger charge is -2.08. The van der Waals surface area contributed by atoms with Crippen LogP contribution in [0.15, 0.2) is 24.3 Å². The van der Waals surface area contributed by atoms with Crippen molar-refractivity contribution < 1.29 is 13.6 Å². The molecule has 2 atom stereocenters. The first-order valence-electron chi connectivity index (χ1n) is 7.32. The van der Waals surface area contributed by atoms with E-state index < -0.39 is 33.7 Å². The molecule has 1 aliphatic carbocycles. The molecule has 0 spiro atoms. The SMILES string of the molecule is Cc1cc(NC(=O)C2[C@H](c3cc(Cl)c(Cl)c(Cl)c3)C2(Cl)Cl)cc(F)c1F. The summed E-state index contributed by atoms with van der Waals surface area (Å²) in [7, 11) is 0. The van der Waals surface area contributed by atoms with Gasteiger partial charge in [0.05, 0.1) is 21.0 Å². The summed E-state index contributed by atoms with van der Waals surface area (Å²) in [5, 5.41) is 3.11. The Morgan fingerprint density at radius 1 is 1.08 bits per heavy atom. The molecule has 26 heavy (non-hydrogen) atoms. The van der Waals surface area contributed by atoms with Gasteiger partial charge in [0, 0.05) is 17.7 Å². The van der Waals surface area contributed by atoms with Gasteiger partial charge in [-0.1, -0.05) is 34.8 Å². The van der Waals surface area contributed by atoms with Gasteiger partial charge < -0.3 is 5.32 Å². The number of hydrogen-bond donors (Lipinski definition) is 1. The normalized spacial score (nSPS) is 20.8. The van der Waals surface area contributed by atoms with Gasteiger partial charge in [0.15, 0.2) is 11.6 Å². The van der Waals surface area contributed by atoms with E-state index in [1.54, 1.807) is 0 Å². The quantitative estimate of drug-likeness (QED) is 0.399. The molecular formula is C17H10Cl5F2NO. The smallest absolute Gasteiger partial charge is 0.231 e. The van der Waals surface area contributed by atoms with Crippen LogP contribution in [0.4, 0.5) is 14.5 Å². The monoisotopic (exact) mass is 457 g/mol. The topological polar surface area (TPSA) is 29.1 Å². The maximum absolute atomic E-state index is 13.5. The van der Waals surface area contributed by atoms with Crippen molar-refractivity contribution in [2.45, 2.75) is 17.2 Å². The van der Waals surface area contributed by atoms with Gasteiger partial charge in [0.25, 0.3) is 0 Å². The zero-order valence-electron chi connectivity index (χ0n) is 13.0. The summed E-state index contributed by atoms with van der Waals surface area (Å²) in [6.07, 6.45) is 0. The molecule has 2 aromatic carbocycles. The van der Waals surface area contributed by atoms with Gasteiger partial charge >= 0.3 is 0 Å². The number of carbonyl (C=O) groups excluding carboxylic acids is 1. The van der Waals surface area contributed by atoms with Crippen molar-refractivity contribution in [3.63, 3.8) is 0 Å². The van der Waals surface area contributed by atoms with Crippen LogP contribution in [0.5, 0.6) is 0 Å². The minimum absolute atomic E-state index is 0.0620. The van der Waals surface area contributed by atoms with Crippen LogP contribution in [0.3, 0.4) is 0 Å². The van der Waals surface area contributed by atoms with Crippen LogP contribution in [-0.2, 0) is 4.79 Å². The second-order valence-electron chi connectivity index (χ2n) is 6.01. The lowest BCUT2D eigenvalue weighted by atomic mass is 10.1. The number of nitrogens with one attached hydrogen (secondary N) is 1. The molecule has 9 heteroatoms. The third kappa shape index (κ3) is 3.50. The van der Waals surface area contributed by atoms with Gasteiger partial charge in [-0.3, -0.25) is 4.79 Å². The number of alkyl halides is 2. The second-order valence-corrected chi connectivity index (χ2v) is 8.64. The van der Waals surface area contributed by atoms with Crippen molar-refractivity contribution in [2.24, 2.45) is 5.92 Å². The zero-order chi connectivity index (χ0) is 19.4. The van der Waals surface area contributed by atoms with E-state index in [2.05, 4.69) is 5.32 Å². The average molecular weight is 460 g/mol. The van der Waals surface area contributed by atoms with Crippen LogP contribution >= 0.6 is 58.0 Å². The molecule has 1 amide bonds. The summed E-state index contributed by atoms with van der Waals surface area (Å²) < 4.78 is 25.5. The maximum atomic E-state index is 13.5. The number of carbonyl (C=O) groups is 1. The van der Waals surface area contributed by atoms with Crippen molar-refractivity contribution in [3.05, 3.63) is 62.1 Å². The van der Waals surface area contributed by atoms with Gasteiger partial charge in [-0.25, -0.2) is 8.78 Å². The van der Waals surface area contributed by atoms with E-state index in [9.17, 15) is 13.6 Å². The molecule has 1 unspecified atom stereocenters. The van der Waals surface area contributed by atoms with Crippen LogP contribution in [-0.4, -0.2) is 10.2 Å². The first-order chi connectivity index (χ1) is 12.0. The average Bonchev–Trinajstić information content (AvgIpc) is 3.12. The van der Waals surface area contributed by atoms with E-state index in [4.69, 9.17) is 58.0 Å². The van der Waals surface area contributed by atoms with Gasteiger partial charge in [-0.05, 0) is 36.2 Å². The highest BCUT2D eigenvalue weighted by molar-refractivity contribution is 6.54. The summed E-state index contributed by atoms with van der Waals surface area (Å²) in [4.78, 5) is 12.5. The summed E-state index contributed by atoms with van der Waals surface area (Å²) in [5.41, 5.74) is 0.719. The summed E-state index contributed by atoms with van der Waals surface area (Å²) in [6, 6.07) is 5.27. The van der Waals surface area contributed by atoms with Crippen molar-refractivity contribution >= 4 is 69.6 Å². The van der Waals surface area contributed by atoms with E-state index in [1.807, 2.05) is 0 Å². The highest BCUT2D eigenvalue weighted by atomic mass is 35.5. The highest BCUT2D eigenvalue weighted by Crippen LogP contribution is 2.65. The number of aryl methyl sites for hydroxylation is 1. The fourth-order valence-electron chi connectivity index (χ4n) is 2.84. The number of benzene rings is 2. The highest BCUT2D eigenvalue weighted by Gasteiger charge is 2.67. The molecule has 0 heterocycles. The number of halogens is 7. The third-order valence-electron chi connectivity index (χ3n) is 4.18. The summed E-state index contributed by atoms with van der Waals surface area (Å²) in [6.45, 7) is 1.39. The molecule has 1 saturated carbocycles. The third-order valence-corrected chi connectivity index (χ3v) is 6.32. The molecule has 3 rings (SSSR count). The lowest BCUT2D eigenvalue weighted by Crippen LogP contribution is -2.17. The Morgan fingerprint density at radius 3 is 2.19 bits per heavy atom. The van der Waals surface area contributed by atoms with Crippen LogP contribution in [0.2, 0.25) is 15.1 Å². The Balaban J connectivity index is 1.85. The molecule has 2 aromatic rings. The van der Waals surface area contributed by atoms with Crippen molar-refractivity contribution in [1.29, 1.82) is 0 Å². The minimum Gasteiger partial charge on any atom is -0.326 e. The zero-order valence-corrected chi connectivity index (χ0v) is 16.8. The van der Waals surface area contributed by atoms with E-state index in [-0.39, 0.29) is 26.3 Å². The molecule has 1 aliphatic rings. The Morgan fingerprint density at radius 2 is 1.65 bits per heavy atom. The molecule has 0 aromatic heterocycles. The molecule has 138 valence electrons. The van der Waals surface area contributed by atoms with E-state index in [0.717, 1.165) is 6.07 Å². The second kappa shape index (κ2) is 6.99. The maximum Gasteiger partial charge on any atom is 0.231 e. The van der Waals surface area contributed by atoms with Crippen LogP contribution in [0.25, 0.3) is 0 Å². The van der Waals surface area contributed by atoms with Gasteiger partial charge in [0.2, 0.25) is 5.91 Å². The summed E-state index contributed by atoms with van der Waals surface area (Å²) >= 11 is 30.4. The lowest BCUT2D eigenvalue weighted by molar-refractivity contribution is -0.117.